The number of hydrogen-bond acceptors (Lipinski definition) is 2. The first-order valence-corrected chi connectivity index (χ1v) is 4.86. The summed E-state index contributed by atoms with van der Waals surface area (Å²) in [5, 5.41) is 0. The molecule has 14 heavy (non-hydrogen) atoms. The average Bonchev–Trinajstić information content (AvgIpc) is 2.11. The van der Waals surface area contributed by atoms with Crippen molar-refractivity contribution in [2.24, 2.45) is 0 Å². The maximum absolute atomic E-state index is 13.4. The molecule has 0 aromatic heterocycles. The Kier molecular flexibility index (Phi) is 3.63. The molecule has 0 aliphatic carbocycles. The second-order valence-electron chi connectivity index (χ2n) is 2.93. The second kappa shape index (κ2) is 4.55. The van der Waals surface area contributed by atoms with Crippen molar-refractivity contribution >= 4 is 21.7 Å². The van der Waals surface area contributed by atoms with Gasteiger partial charge in [0.15, 0.2) is 11.6 Å². The molecule has 0 heterocycles. The summed E-state index contributed by atoms with van der Waals surface area (Å²) in [6, 6.07) is 3.24. The Labute approximate surface area is 90.2 Å². The number of hydrogen-bond donors (Lipinski definition) is 0. The predicted octanol–water partition coefficient (Wildman–Crippen LogP) is 2.73. The Hall–Kier alpha value is -0.900. The van der Waals surface area contributed by atoms with Gasteiger partial charge in [0.25, 0.3) is 0 Å². The lowest BCUT2D eigenvalue weighted by Gasteiger charge is -2.08. The van der Waals surface area contributed by atoms with Crippen LogP contribution >= 0.6 is 15.9 Å². The summed E-state index contributed by atoms with van der Waals surface area (Å²) in [6.45, 7) is 1.46. The van der Waals surface area contributed by atoms with Gasteiger partial charge in [0, 0.05) is 12.0 Å². The van der Waals surface area contributed by atoms with Gasteiger partial charge in [0.2, 0.25) is 0 Å². The molecule has 0 saturated heterocycles. The molecule has 0 N–H and O–H groups in total. The van der Waals surface area contributed by atoms with Crippen molar-refractivity contribution in [3.63, 3.8) is 0 Å². The van der Waals surface area contributed by atoms with Gasteiger partial charge in [-0.25, -0.2) is 4.39 Å². The zero-order valence-corrected chi connectivity index (χ0v) is 9.52. The minimum atomic E-state index is -0.466. The van der Waals surface area contributed by atoms with Crippen LogP contribution in [0.4, 0.5) is 4.39 Å². The lowest BCUT2D eigenvalue weighted by molar-refractivity contribution is -0.116. The van der Waals surface area contributed by atoms with Crippen LogP contribution in [0.25, 0.3) is 0 Å². The number of carbonyl (C=O) groups excluding carboxylic acids is 1. The minimum absolute atomic E-state index is 0.0231. The molecule has 0 fully saturated rings. The molecule has 0 atom stereocenters. The van der Waals surface area contributed by atoms with Gasteiger partial charge in [-0.05, 0) is 28.9 Å². The van der Waals surface area contributed by atoms with Crippen LogP contribution in [0.5, 0.6) is 5.75 Å². The van der Waals surface area contributed by atoms with Gasteiger partial charge in [-0.2, -0.15) is 0 Å². The van der Waals surface area contributed by atoms with Crippen LogP contribution in [0.2, 0.25) is 0 Å². The molecule has 0 spiro atoms. The third-order valence-corrected chi connectivity index (χ3v) is 2.39. The lowest BCUT2D eigenvalue weighted by Crippen LogP contribution is -2.01. The number of halogens is 2. The van der Waals surface area contributed by atoms with Crippen molar-refractivity contribution in [3.05, 3.63) is 28.0 Å². The van der Waals surface area contributed by atoms with Gasteiger partial charge in [-0.3, -0.25) is 4.79 Å². The van der Waals surface area contributed by atoms with Crippen LogP contribution in [-0.2, 0) is 11.2 Å². The predicted molar refractivity (Wildman–Crippen MR) is 55.0 cm³/mol. The molecule has 0 aliphatic rings. The molecular formula is C10H10BrFO2. The molecule has 0 unspecified atom stereocenters. The maximum Gasteiger partial charge on any atom is 0.179 e. The number of Topliss-reactive ketones (excluding diaryl/α,β-unsaturated/α-hetero) is 1. The molecule has 2 nitrogen and oxygen atoms in total. The summed E-state index contributed by atoms with van der Waals surface area (Å²) in [7, 11) is 1.38. The summed E-state index contributed by atoms with van der Waals surface area (Å²) in [5.41, 5.74) is 0.570. The van der Waals surface area contributed by atoms with Gasteiger partial charge in [-0.15, -0.1) is 0 Å². The highest BCUT2D eigenvalue weighted by atomic mass is 79.9. The molecule has 1 aromatic carbocycles. The largest absolute Gasteiger partial charge is 0.493 e. The molecule has 1 aromatic rings. The quantitative estimate of drug-likeness (QED) is 0.836. The minimum Gasteiger partial charge on any atom is -0.493 e. The Balaban J connectivity index is 3.17. The second-order valence-corrected chi connectivity index (χ2v) is 3.79. The molecule has 1 rings (SSSR count). The summed E-state index contributed by atoms with van der Waals surface area (Å²) in [6.07, 6.45) is 0.188. The molecule has 0 bridgehead atoms. The summed E-state index contributed by atoms with van der Waals surface area (Å²) < 4.78 is 18.7. The normalized spacial score (nSPS) is 10.0. The van der Waals surface area contributed by atoms with E-state index in [-0.39, 0.29) is 18.0 Å². The van der Waals surface area contributed by atoms with E-state index in [4.69, 9.17) is 4.74 Å². The zero-order valence-electron chi connectivity index (χ0n) is 7.93. The lowest BCUT2D eigenvalue weighted by atomic mass is 10.1. The Morgan fingerprint density at radius 1 is 1.57 bits per heavy atom. The summed E-state index contributed by atoms with van der Waals surface area (Å²) >= 11 is 3.05. The molecule has 0 saturated carbocycles. The smallest absolute Gasteiger partial charge is 0.179 e. The van der Waals surface area contributed by atoms with E-state index in [2.05, 4.69) is 15.9 Å². The van der Waals surface area contributed by atoms with E-state index in [9.17, 15) is 9.18 Å². The van der Waals surface area contributed by atoms with Crippen LogP contribution < -0.4 is 4.74 Å². The van der Waals surface area contributed by atoms with Crippen LogP contribution in [-0.4, -0.2) is 12.9 Å². The van der Waals surface area contributed by atoms with Crippen molar-refractivity contribution in [2.75, 3.05) is 7.11 Å². The highest BCUT2D eigenvalue weighted by Crippen LogP contribution is 2.29. The first-order chi connectivity index (χ1) is 6.56. The number of methoxy groups -OCH3 is 1. The highest BCUT2D eigenvalue weighted by Gasteiger charge is 2.13. The van der Waals surface area contributed by atoms with E-state index in [0.29, 0.717) is 10.0 Å². The molecular weight excluding hydrogens is 251 g/mol. The number of ether oxygens (including phenoxy) is 1. The van der Waals surface area contributed by atoms with Crippen molar-refractivity contribution in [1.29, 1.82) is 0 Å². The summed E-state index contributed by atoms with van der Waals surface area (Å²) in [5.74, 6) is -0.356. The number of ketones is 1. The maximum atomic E-state index is 13.4. The van der Waals surface area contributed by atoms with Gasteiger partial charge < -0.3 is 4.74 Å². The highest BCUT2D eigenvalue weighted by molar-refractivity contribution is 9.10. The van der Waals surface area contributed by atoms with Crippen LogP contribution in [0, 0.1) is 5.82 Å². The fraction of sp³-hybridized carbons (Fsp3) is 0.300. The van der Waals surface area contributed by atoms with Gasteiger partial charge >= 0.3 is 0 Å². The Morgan fingerprint density at radius 2 is 2.21 bits per heavy atom. The van der Waals surface area contributed by atoms with Crippen molar-refractivity contribution < 1.29 is 13.9 Å². The van der Waals surface area contributed by atoms with Crippen molar-refractivity contribution in [2.45, 2.75) is 13.3 Å². The van der Waals surface area contributed by atoms with Crippen LogP contribution in [0.15, 0.2) is 16.6 Å². The van der Waals surface area contributed by atoms with E-state index in [0.717, 1.165) is 0 Å². The first kappa shape index (κ1) is 11.2. The van der Waals surface area contributed by atoms with E-state index < -0.39 is 5.82 Å². The number of carbonyl (C=O) groups is 1. The number of benzene rings is 1. The van der Waals surface area contributed by atoms with Crippen LogP contribution in [0.3, 0.4) is 0 Å². The molecule has 0 aliphatic heterocycles. The fourth-order valence-corrected chi connectivity index (χ4v) is 1.51. The first-order valence-electron chi connectivity index (χ1n) is 4.06. The fourth-order valence-electron chi connectivity index (χ4n) is 1.20. The summed E-state index contributed by atoms with van der Waals surface area (Å²) in [4.78, 5) is 10.9. The third-order valence-electron chi connectivity index (χ3n) is 1.78. The molecule has 4 heteroatoms. The van der Waals surface area contributed by atoms with Crippen molar-refractivity contribution in [1.82, 2.24) is 0 Å². The molecule has 0 amide bonds. The van der Waals surface area contributed by atoms with Gasteiger partial charge in [-0.1, -0.05) is 6.07 Å². The third kappa shape index (κ3) is 2.32. The average molecular weight is 261 g/mol. The Morgan fingerprint density at radius 3 is 2.71 bits per heavy atom. The zero-order chi connectivity index (χ0) is 10.7. The SMILES string of the molecule is COc1c(CC(C)=O)ccc(Br)c1F. The monoisotopic (exact) mass is 260 g/mol. The number of rotatable bonds is 3. The molecule has 76 valence electrons. The van der Waals surface area contributed by atoms with E-state index in [1.54, 1.807) is 12.1 Å². The standard InChI is InChI=1S/C10H10BrFO2/c1-6(13)5-7-3-4-8(11)9(12)10(7)14-2/h3-4H,5H2,1-2H3. The van der Waals surface area contributed by atoms with E-state index in [1.165, 1.54) is 14.0 Å². The van der Waals surface area contributed by atoms with Crippen molar-refractivity contribution in [3.8, 4) is 5.75 Å². The van der Waals surface area contributed by atoms with Crippen LogP contribution in [0.1, 0.15) is 12.5 Å². The van der Waals surface area contributed by atoms with E-state index >= 15 is 0 Å². The van der Waals surface area contributed by atoms with Gasteiger partial charge in [0.05, 0.1) is 11.6 Å². The molecule has 0 radical (unpaired) electrons. The van der Waals surface area contributed by atoms with E-state index in [1.807, 2.05) is 0 Å². The topological polar surface area (TPSA) is 26.3 Å². The van der Waals surface area contributed by atoms with Gasteiger partial charge in [0.1, 0.15) is 5.78 Å². The Bertz CT molecular complexity index is 363.